The Morgan fingerprint density at radius 3 is 2.59 bits per heavy atom. The number of nitrogens with two attached hydrogens (primary N) is 1. The quantitative estimate of drug-likeness (QED) is 0.506. The number of anilines is 1. The maximum atomic E-state index is 12.9. The Bertz CT molecular complexity index is 893. The number of imidazole rings is 1. The topological polar surface area (TPSA) is 164 Å². The fourth-order valence-corrected chi connectivity index (χ4v) is 4.81. The van der Waals surface area contributed by atoms with E-state index in [1.54, 1.807) is 27.7 Å². The van der Waals surface area contributed by atoms with Gasteiger partial charge in [-0.25, -0.2) is 15.0 Å². The van der Waals surface area contributed by atoms with Gasteiger partial charge in [-0.05, 0) is 27.7 Å². The number of hydrogen-bond acceptors (Lipinski definition) is 11. The van der Waals surface area contributed by atoms with Crippen molar-refractivity contribution in [1.29, 1.82) is 0 Å². The molecule has 0 spiro atoms. The molecule has 0 aromatic carbocycles. The third-order valence-corrected chi connectivity index (χ3v) is 6.04. The second kappa shape index (κ2) is 8.23. The van der Waals surface area contributed by atoms with Crippen LogP contribution < -0.4 is 5.73 Å². The van der Waals surface area contributed by atoms with Crippen LogP contribution in [0.5, 0.6) is 0 Å². The van der Waals surface area contributed by atoms with Crippen molar-refractivity contribution in [1.82, 2.24) is 19.5 Å². The largest absolute Gasteiger partial charge is 0.382 e. The molecule has 1 aliphatic rings. The van der Waals surface area contributed by atoms with Crippen LogP contribution in [0, 0.1) is 0 Å². The van der Waals surface area contributed by atoms with E-state index in [1.807, 2.05) is 0 Å². The van der Waals surface area contributed by atoms with Gasteiger partial charge in [0, 0.05) is 0 Å². The normalized spacial score (nSPS) is 25.5. The Kier molecular flexibility index (Phi) is 6.25. The summed E-state index contributed by atoms with van der Waals surface area (Å²) < 4.78 is 35.9. The van der Waals surface area contributed by atoms with Crippen molar-refractivity contribution in [3.05, 3.63) is 12.7 Å². The lowest BCUT2D eigenvalue weighted by atomic mass is 10.2. The summed E-state index contributed by atoms with van der Waals surface area (Å²) in [5.41, 5.74) is 6.18. The zero-order valence-corrected chi connectivity index (χ0v) is 17.5. The number of aromatic nitrogens is 4. The molecule has 12 nitrogen and oxygen atoms in total. The molecule has 0 radical (unpaired) electrons. The molecule has 1 saturated heterocycles. The highest BCUT2D eigenvalue weighted by atomic mass is 31.2. The van der Waals surface area contributed by atoms with Crippen molar-refractivity contribution in [3.8, 4) is 0 Å². The first-order valence-corrected chi connectivity index (χ1v) is 10.8. The summed E-state index contributed by atoms with van der Waals surface area (Å²) in [6.07, 6.45) is -1.23. The smallest absolute Gasteiger partial charge is 0.356 e. The molecular formula is C16H26N5O7P. The second-order valence-electron chi connectivity index (χ2n) is 7.21. The molecule has 2 aromatic heterocycles. The van der Waals surface area contributed by atoms with E-state index in [1.165, 1.54) is 12.7 Å². The Balaban J connectivity index is 1.77. The van der Waals surface area contributed by atoms with Crippen molar-refractivity contribution in [2.24, 2.45) is 0 Å². The van der Waals surface area contributed by atoms with Gasteiger partial charge < -0.3 is 34.5 Å². The van der Waals surface area contributed by atoms with E-state index in [9.17, 15) is 14.8 Å². The van der Waals surface area contributed by atoms with Crippen LogP contribution >= 0.6 is 7.60 Å². The summed E-state index contributed by atoms with van der Waals surface area (Å²) in [5, 5.41) is 21.6. The van der Waals surface area contributed by atoms with Gasteiger partial charge in [0.15, 0.2) is 17.6 Å². The molecule has 0 aliphatic carbocycles. The number of hydrogen-bond donors (Lipinski definition) is 3. The Labute approximate surface area is 167 Å². The number of aliphatic hydroxyl groups is 2. The van der Waals surface area contributed by atoms with Crippen molar-refractivity contribution in [3.63, 3.8) is 0 Å². The fourth-order valence-electron chi connectivity index (χ4n) is 2.98. The van der Waals surface area contributed by atoms with Gasteiger partial charge in [-0.15, -0.1) is 0 Å². The van der Waals surface area contributed by atoms with E-state index >= 15 is 0 Å². The van der Waals surface area contributed by atoms with E-state index in [4.69, 9.17) is 24.3 Å². The van der Waals surface area contributed by atoms with Crippen LogP contribution in [0.3, 0.4) is 0 Å². The summed E-state index contributed by atoms with van der Waals surface area (Å²) in [6, 6.07) is 0. The van der Waals surface area contributed by atoms with E-state index in [0.717, 1.165) is 4.57 Å². The van der Waals surface area contributed by atoms with Gasteiger partial charge in [-0.2, -0.15) is 0 Å². The lowest BCUT2D eigenvalue weighted by molar-refractivity contribution is -0.274. The first-order chi connectivity index (χ1) is 13.6. The molecule has 3 atom stereocenters. The van der Waals surface area contributed by atoms with Crippen LogP contribution in [0.15, 0.2) is 12.7 Å². The van der Waals surface area contributed by atoms with Crippen LogP contribution in [0.25, 0.3) is 11.2 Å². The number of nitrogen functional groups attached to an aromatic ring is 1. The first-order valence-electron chi connectivity index (χ1n) is 9.11. The summed E-state index contributed by atoms with van der Waals surface area (Å²) in [5.74, 6) is -2.09. The minimum Gasteiger partial charge on any atom is -0.382 e. The predicted molar refractivity (Wildman–Crippen MR) is 102 cm³/mol. The maximum absolute atomic E-state index is 12.9. The monoisotopic (exact) mass is 431 g/mol. The summed E-state index contributed by atoms with van der Waals surface area (Å²) >= 11 is 0. The van der Waals surface area contributed by atoms with Crippen molar-refractivity contribution in [2.75, 3.05) is 18.7 Å². The number of aliphatic hydroxyl groups excluding tert-OH is 1. The highest BCUT2D eigenvalue weighted by Crippen LogP contribution is 2.51. The van der Waals surface area contributed by atoms with Gasteiger partial charge in [0.2, 0.25) is 0 Å². The molecule has 1 unspecified atom stereocenters. The molecule has 0 amide bonds. The predicted octanol–water partition coefficient (Wildman–Crippen LogP) is 0.788. The molecule has 3 heterocycles. The summed E-state index contributed by atoms with van der Waals surface area (Å²) in [7, 11) is -3.58. The van der Waals surface area contributed by atoms with Crippen LogP contribution in [0.4, 0.5) is 5.82 Å². The second-order valence-corrected chi connectivity index (χ2v) is 9.12. The molecule has 1 fully saturated rings. The molecular weight excluding hydrogens is 405 g/mol. The van der Waals surface area contributed by atoms with E-state index in [2.05, 4.69) is 15.0 Å². The van der Waals surface area contributed by atoms with Gasteiger partial charge in [0.05, 0.1) is 18.8 Å². The number of ether oxygens (including phenoxy) is 2. The Hall–Kier alpha value is -1.66. The van der Waals surface area contributed by atoms with Crippen LogP contribution in [-0.4, -0.2) is 67.1 Å². The Morgan fingerprint density at radius 1 is 1.31 bits per heavy atom. The van der Waals surface area contributed by atoms with Gasteiger partial charge in [0.25, 0.3) is 5.91 Å². The zero-order chi connectivity index (χ0) is 21.4. The van der Waals surface area contributed by atoms with Crippen molar-refractivity contribution < 1.29 is 33.3 Å². The molecule has 0 bridgehead atoms. The number of fused-ring (bicyclic) bond motifs is 1. The highest BCUT2D eigenvalue weighted by Gasteiger charge is 2.52. The maximum Gasteiger partial charge on any atom is 0.356 e. The summed E-state index contributed by atoms with van der Waals surface area (Å²) in [4.78, 5) is 11.9. The third kappa shape index (κ3) is 4.43. The van der Waals surface area contributed by atoms with Crippen LogP contribution in [0.2, 0.25) is 0 Å². The lowest BCUT2D eigenvalue weighted by Crippen LogP contribution is -2.46. The standard InChI is InChI=1S/C16H26N5O7P/c1-9(2)27-29(24,28-10(3)4)8-25-11-5-26-16(23,13(11)22)21-7-20-12-14(17)18-6-19-15(12)21/h6-7,9-11,13,22-23H,5,8H2,1-4H3,(H2,17,18,19)/t11-,13+,16?/m0/s1. The van der Waals surface area contributed by atoms with Gasteiger partial charge >= 0.3 is 7.60 Å². The lowest BCUT2D eigenvalue weighted by Gasteiger charge is -2.28. The molecule has 13 heteroatoms. The molecule has 3 rings (SSSR count). The van der Waals surface area contributed by atoms with Crippen LogP contribution in [0.1, 0.15) is 27.7 Å². The number of nitrogens with zero attached hydrogens (tertiary/aromatic N) is 4. The Morgan fingerprint density at radius 2 is 1.97 bits per heavy atom. The van der Waals surface area contributed by atoms with Crippen molar-refractivity contribution >= 4 is 24.6 Å². The fraction of sp³-hybridized carbons (Fsp3) is 0.688. The molecule has 1 aliphatic heterocycles. The minimum atomic E-state index is -3.58. The van der Waals surface area contributed by atoms with Gasteiger partial charge in [0.1, 0.15) is 30.6 Å². The summed E-state index contributed by atoms with van der Waals surface area (Å²) in [6.45, 7) is 6.71. The molecule has 2 aromatic rings. The molecule has 29 heavy (non-hydrogen) atoms. The zero-order valence-electron chi connectivity index (χ0n) is 16.6. The molecule has 4 N–H and O–H groups in total. The first kappa shape index (κ1) is 22.0. The van der Waals surface area contributed by atoms with E-state index in [0.29, 0.717) is 0 Å². The van der Waals surface area contributed by atoms with E-state index in [-0.39, 0.29) is 35.8 Å². The highest BCUT2D eigenvalue weighted by molar-refractivity contribution is 7.53. The molecule has 0 saturated carbocycles. The molecule has 162 valence electrons. The average molecular weight is 431 g/mol. The SMILES string of the molecule is CC(C)OP(=O)(CO[C@H]1COC(O)(n2cnc3c(N)ncnc32)[C@@H]1O)OC(C)C. The minimum absolute atomic E-state index is 0.121. The van der Waals surface area contributed by atoms with Gasteiger partial charge in [-0.3, -0.25) is 9.13 Å². The van der Waals surface area contributed by atoms with Gasteiger partial charge in [-0.1, -0.05) is 0 Å². The van der Waals surface area contributed by atoms with Crippen LogP contribution in [-0.2, 0) is 29.0 Å². The average Bonchev–Trinajstić information content (AvgIpc) is 3.16. The number of rotatable bonds is 8. The van der Waals surface area contributed by atoms with E-state index < -0.39 is 32.1 Å². The third-order valence-electron chi connectivity index (χ3n) is 4.09. The van der Waals surface area contributed by atoms with Crippen molar-refractivity contribution in [2.45, 2.75) is 58.0 Å².